The van der Waals surface area contributed by atoms with Gasteiger partial charge in [-0.15, -0.1) is 0 Å². The third-order valence-electron chi connectivity index (χ3n) is 6.42. The predicted octanol–water partition coefficient (Wildman–Crippen LogP) is 3.49. The quantitative estimate of drug-likeness (QED) is 0.648. The van der Waals surface area contributed by atoms with Crippen LogP contribution in [0.1, 0.15) is 43.2 Å². The van der Waals surface area contributed by atoms with E-state index in [9.17, 15) is 18.0 Å². The molecule has 182 valence electrons. The summed E-state index contributed by atoms with van der Waals surface area (Å²) in [6.45, 7) is 3.91. The van der Waals surface area contributed by atoms with Gasteiger partial charge in [0.25, 0.3) is 10.0 Å². The molecule has 1 saturated heterocycles. The molecule has 34 heavy (non-hydrogen) atoms. The molecule has 0 aliphatic carbocycles. The molecule has 0 unspecified atom stereocenters. The van der Waals surface area contributed by atoms with Gasteiger partial charge in [0.1, 0.15) is 5.75 Å². The molecular formula is C25H31N3O5S. The van der Waals surface area contributed by atoms with Crippen molar-refractivity contribution in [3.8, 4) is 5.75 Å². The number of hydrogen-bond acceptors (Lipinski definition) is 5. The Bertz CT molecular complexity index is 1190. The van der Waals surface area contributed by atoms with Crippen LogP contribution in [0.25, 0.3) is 0 Å². The molecule has 2 aromatic rings. The first-order valence-corrected chi connectivity index (χ1v) is 13.2. The van der Waals surface area contributed by atoms with Gasteiger partial charge >= 0.3 is 0 Å². The fourth-order valence-corrected chi connectivity index (χ4v) is 5.67. The molecule has 0 aromatic heterocycles. The lowest BCUT2D eigenvalue weighted by atomic mass is 10.1. The Morgan fingerprint density at radius 3 is 2.44 bits per heavy atom. The molecule has 4 rings (SSSR count). The van der Waals surface area contributed by atoms with Crippen LogP contribution in [0.5, 0.6) is 5.75 Å². The lowest BCUT2D eigenvalue weighted by molar-refractivity contribution is -0.133. The Morgan fingerprint density at radius 2 is 1.71 bits per heavy atom. The van der Waals surface area contributed by atoms with Crippen molar-refractivity contribution < 1.29 is 22.7 Å². The van der Waals surface area contributed by atoms with Crippen LogP contribution in [0.2, 0.25) is 0 Å². The van der Waals surface area contributed by atoms with E-state index in [2.05, 4.69) is 4.72 Å². The van der Waals surface area contributed by atoms with Gasteiger partial charge < -0.3 is 14.5 Å². The number of fused-ring (bicyclic) bond motifs is 1. The lowest BCUT2D eigenvalue weighted by Gasteiger charge is -2.27. The number of nitrogens with zero attached hydrogens (tertiary/aromatic N) is 2. The van der Waals surface area contributed by atoms with Crippen molar-refractivity contribution in [3.05, 3.63) is 47.5 Å². The molecule has 1 fully saturated rings. The van der Waals surface area contributed by atoms with Crippen LogP contribution in [0.3, 0.4) is 0 Å². The second kappa shape index (κ2) is 10.0. The molecule has 0 atom stereocenters. The average Bonchev–Trinajstić information content (AvgIpc) is 3.26. The Labute approximate surface area is 200 Å². The SMILES string of the molecule is COc1ccc(C)cc1NS(=O)(=O)c1ccc2c(c1)CCN2C(=O)CCC(=O)N1CCCCC1. The smallest absolute Gasteiger partial charge is 0.262 e. The van der Waals surface area contributed by atoms with Gasteiger partial charge in [0.15, 0.2) is 0 Å². The number of benzene rings is 2. The summed E-state index contributed by atoms with van der Waals surface area (Å²) < 4.78 is 34.0. The number of carbonyl (C=O) groups is 2. The second-order valence-corrected chi connectivity index (χ2v) is 10.5. The van der Waals surface area contributed by atoms with E-state index in [0.29, 0.717) is 30.1 Å². The zero-order chi connectivity index (χ0) is 24.3. The van der Waals surface area contributed by atoms with Gasteiger partial charge in [-0.05, 0) is 74.1 Å². The standard InChI is InChI=1S/C25H31N3O5S/c1-18-6-9-23(33-2)21(16-18)26-34(31,32)20-7-8-22-19(17-20)12-15-28(22)25(30)11-10-24(29)27-13-4-3-5-14-27/h6-9,16-17,26H,3-5,10-15H2,1-2H3. The van der Waals surface area contributed by atoms with Gasteiger partial charge in [-0.3, -0.25) is 14.3 Å². The number of rotatable bonds is 7. The first-order valence-electron chi connectivity index (χ1n) is 11.7. The lowest BCUT2D eigenvalue weighted by Crippen LogP contribution is -2.37. The average molecular weight is 486 g/mol. The van der Waals surface area contributed by atoms with E-state index < -0.39 is 10.0 Å². The number of sulfonamides is 1. The zero-order valence-corrected chi connectivity index (χ0v) is 20.5. The maximum atomic E-state index is 13.0. The van der Waals surface area contributed by atoms with Crippen molar-refractivity contribution in [1.82, 2.24) is 4.90 Å². The summed E-state index contributed by atoms with van der Waals surface area (Å²) >= 11 is 0. The van der Waals surface area contributed by atoms with Crippen LogP contribution in [0.4, 0.5) is 11.4 Å². The van der Waals surface area contributed by atoms with E-state index in [1.807, 2.05) is 17.9 Å². The van der Waals surface area contributed by atoms with E-state index >= 15 is 0 Å². The minimum atomic E-state index is -3.84. The van der Waals surface area contributed by atoms with Gasteiger partial charge in [0, 0.05) is 38.2 Å². The molecule has 9 heteroatoms. The van der Waals surface area contributed by atoms with Gasteiger partial charge in [0.2, 0.25) is 11.8 Å². The first kappa shape index (κ1) is 24.1. The number of hydrogen-bond donors (Lipinski definition) is 1. The maximum Gasteiger partial charge on any atom is 0.262 e. The molecule has 2 aliphatic rings. The Balaban J connectivity index is 1.44. The summed E-state index contributed by atoms with van der Waals surface area (Å²) in [5, 5.41) is 0. The summed E-state index contributed by atoms with van der Waals surface area (Å²) in [5.41, 5.74) is 2.79. The zero-order valence-electron chi connectivity index (χ0n) is 19.7. The fraction of sp³-hybridized carbons (Fsp3) is 0.440. The number of anilines is 2. The molecule has 0 bridgehead atoms. The Morgan fingerprint density at radius 1 is 0.971 bits per heavy atom. The fourth-order valence-electron chi connectivity index (χ4n) is 4.56. The highest BCUT2D eigenvalue weighted by Crippen LogP contribution is 2.33. The number of ether oxygens (including phenoxy) is 1. The summed E-state index contributed by atoms with van der Waals surface area (Å²) in [4.78, 5) is 28.9. The van der Waals surface area contributed by atoms with Gasteiger partial charge in [-0.2, -0.15) is 0 Å². The molecule has 2 amide bonds. The van der Waals surface area contributed by atoms with Crippen molar-refractivity contribution in [1.29, 1.82) is 0 Å². The van der Waals surface area contributed by atoms with Crippen molar-refractivity contribution in [2.24, 2.45) is 0 Å². The van der Waals surface area contributed by atoms with E-state index in [1.54, 1.807) is 29.2 Å². The van der Waals surface area contributed by atoms with Gasteiger partial charge in [-0.25, -0.2) is 8.42 Å². The third kappa shape index (κ3) is 5.19. The highest BCUT2D eigenvalue weighted by molar-refractivity contribution is 7.92. The normalized spacial score (nSPS) is 15.7. The first-order chi connectivity index (χ1) is 16.3. The molecule has 1 N–H and O–H groups in total. The topological polar surface area (TPSA) is 96.0 Å². The summed E-state index contributed by atoms with van der Waals surface area (Å²) in [7, 11) is -2.35. The van der Waals surface area contributed by atoms with Crippen molar-refractivity contribution in [2.45, 2.75) is 50.3 Å². The monoisotopic (exact) mass is 485 g/mol. The molecule has 2 aliphatic heterocycles. The second-order valence-electron chi connectivity index (χ2n) is 8.84. The number of aryl methyl sites for hydroxylation is 1. The maximum absolute atomic E-state index is 13.0. The molecule has 2 heterocycles. The Hall–Kier alpha value is -3.07. The van der Waals surface area contributed by atoms with Crippen LogP contribution in [-0.4, -0.2) is 51.9 Å². The molecule has 0 spiro atoms. The molecule has 8 nitrogen and oxygen atoms in total. The van der Waals surface area contributed by atoms with Crippen LogP contribution >= 0.6 is 0 Å². The molecular weight excluding hydrogens is 454 g/mol. The van der Waals surface area contributed by atoms with Gasteiger partial charge in [0.05, 0.1) is 17.7 Å². The number of nitrogens with one attached hydrogen (secondary N) is 1. The summed E-state index contributed by atoms with van der Waals surface area (Å²) in [5.74, 6) is 0.361. The predicted molar refractivity (Wildman–Crippen MR) is 131 cm³/mol. The molecule has 0 saturated carbocycles. The van der Waals surface area contributed by atoms with E-state index in [0.717, 1.165) is 43.5 Å². The number of amides is 2. The van der Waals surface area contributed by atoms with Crippen molar-refractivity contribution in [2.75, 3.05) is 36.4 Å². The van der Waals surface area contributed by atoms with Crippen LogP contribution in [0, 0.1) is 6.92 Å². The molecule has 2 aromatic carbocycles. The summed E-state index contributed by atoms with van der Waals surface area (Å²) in [6.07, 6.45) is 4.13. The largest absolute Gasteiger partial charge is 0.495 e. The van der Waals surface area contributed by atoms with Crippen LogP contribution in [0.15, 0.2) is 41.3 Å². The van der Waals surface area contributed by atoms with Crippen molar-refractivity contribution in [3.63, 3.8) is 0 Å². The molecule has 0 radical (unpaired) electrons. The van der Waals surface area contributed by atoms with Gasteiger partial charge in [-0.1, -0.05) is 6.07 Å². The minimum Gasteiger partial charge on any atom is -0.495 e. The number of methoxy groups -OCH3 is 1. The summed E-state index contributed by atoms with van der Waals surface area (Å²) in [6, 6.07) is 10.1. The number of piperidine rings is 1. The van der Waals surface area contributed by atoms with E-state index in [4.69, 9.17) is 4.74 Å². The minimum absolute atomic E-state index is 0.0339. The Kier molecular flexibility index (Phi) is 7.11. The highest BCUT2D eigenvalue weighted by atomic mass is 32.2. The highest BCUT2D eigenvalue weighted by Gasteiger charge is 2.28. The van der Waals surface area contributed by atoms with Crippen LogP contribution in [-0.2, 0) is 26.0 Å². The third-order valence-corrected chi connectivity index (χ3v) is 7.78. The number of carbonyl (C=O) groups excluding carboxylic acids is 2. The van der Waals surface area contributed by atoms with Crippen LogP contribution < -0.4 is 14.4 Å². The number of likely N-dealkylation sites (tertiary alicyclic amines) is 1. The van der Waals surface area contributed by atoms with Crippen molar-refractivity contribution >= 4 is 33.2 Å². The van der Waals surface area contributed by atoms with E-state index in [1.165, 1.54) is 13.2 Å². The van der Waals surface area contributed by atoms with E-state index in [-0.39, 0.29) is 29.6 Å².